The number of benzene rings is 4. The van der Waals surface area contributed by atoms with Crippen molar-refractivity contribution >= 4 is 0 Å². The van der Waals surface area contributed by atoms with Gasteiger partial charge in [-0.15, -0.1) is 0 Å². The van der Waals surface area contributed by atoms with Gasteiger partial charge in [-0.2, -0.15) is 0 Å². The molecule has 0 saturated carbocycles. The van der Waals surface area contributed by atoms with Crippen LogP contribution in [-0.2, 0) is 0 Å². The van der Waals surface area contributed by atoms with Crippen LogP contribution in [0.2, 0.25) is 0 Å². The summed E-state index contributed by atoms with van der Waals surface area (Å²) < 4.78 is 0. The molecule has 0 nitrogen and oxygen atoms in total. The lowest BCUT2D eigenvalue weighted by atomic mass is 10.0. The fourth-order valence-corrected chi connectivity index (χ4v) is 2.83. The molecule has 28 heavy (non-hydrogen) atoms. The van der Waals surface area contributed by atoms with Gasteiger partial charge in [-0.05, 0) is 36.1 Å². The van der Waals surface area contributed by atoms with Crippen molar-refractivity contribution in [1.82, 2.24) is 0 Å². The van der Waals surface area contributed by atoms with Crippen LogP contribution in [0.4, 0.5) is 0 Å². The van der Waals surface area contributed by atoms with E-state index >= 15 is 0 Å². The van der Waals surface area contributed by atoms with Gasteiger partial charge in [0.25, 0.3) is 0 Å². The summed E-state index contributed by atoms with van der Waals surface area (Å²) in [5, 5.41) is 0. The van der Waals surface area contributed by atoms with Crippen LogP contribution in [0.1, 0.15) is 25.0 Å². The molecule has 0 fully saturated rings. The SMILES string of the molecule is CC.Cc1ccc(-c2ccccc2)cc1.Cc1cccc(-c2ccccc2)c1. The molecule has 0 heterocycles. The summed E-state index contributed by atoms with van der Waals surface area (Å²) in [6, 6.07) is 38.0. The summed E-state index contributed by atoms with van der Waals surface area (Å²) in [5.41, 5.74) is 7.75. The fourth-order valence-electron chi connectivity index (χ4n) is 2.83. The minimum Gasteiger partial charge on any atom is -0.0683 e. The van der Waals surface area contributed by atoms with Gasteiger partial charge in [0.2, 0.25) is 0 Å². The first kappa shape index (κ1) is 21.2. The van der Waals surface area contributed by atoms with E-state index in [0.29, 0.717) is 0 Å². The number of aryl methyl sites for hydroxylation is 2. The van der Waals surface area contributed by atoms with Gasteiger partial charge in [0.15, 0.2) is 0 Å². The molecule has 0 aliphatic carbocycles. The van der Waals surface area contributed by atoms with Crippen molar-refractivity contribution in [2.45, 2.75) is 27.7 Å². The predicted octanol–water partition coefficient (Wildman–Crippen LogP) is 8.35. The van der Waals surface area contributed by atoms with E-state index in [0.717, 1.165) is 0 Å². The molecule has 0 N–H and O–H groups in total. The Morgan fingerprint density at radius 2 is 0.786 bits per heavy atom. The molecule has 142 valence electrons. The summed E-state index contributed by atoms with van der Waals surface area (Å²) in [4.78, 5) is 0. The van der Waals surface area contributed by atoms with Crippen LogP contribution in [0.3, 0.4) is 0 Å². The molecule has 0 bridgehead atoms. The topological polar surface area (TPSA) is 0 Å². The first-order chi connectivity index (χ1) is 13.7. The van der Waals surface area contributed by atoms with Crippen molar-refractivity contribution in [1.29, 1.82) is 0 Å². The normalized spacial score (nSPS) is 9.43. The number of hydrogen-bond acceptors (Lipinski definition) is 0. The Hall–Kier alpha value is -3.12. The molecule has 0 amide bonds. The quantitative estimate of drug-likeness (QED) is 0.334. The summed E-state index contributed by atoms with van der Waals surface area (Å²) in [7, 11) is 0. The van der Waals surface area contributed by atoms with E-state index in [1.54, 1.807) is 0 Å². The van der Waals surface area contributed by atoms with E-state index in [-0.39, 0.29) is 0 Å². The molecule has 4 aromatic rings. The zero-order chi connectivity index (χ0) is 20.2. The van der Waals surface area contributed by atoms with E-state index in [2.05, 4.69) is 111 Å². The molecule has 0 radical (unpaired) electrons. The molecular formula is C28H30. The van der Waals surface area contributed by atoms with Crippen molar-refractivity contribution < 1.29 is 0 Å². The van der Waals surface area contributed by atoms with Gasteiger partial charge in [0, 0.05) is 0 Å². The highest BCUT2D eigenvalue weighted by Crippen LogP contribution is 2.19. The first-order valence-electron chi connectivity index (χ1n) is 9.96. The fraction of sp³-hybridized carbons (Fsp3) is 0.143. The summed E-state index contributed by atoms with van der Waals surface area (Å²) in [6.45, 7) is 8.22. The van der Waals surface area contributed by atoms with E-state index in [1.807, 2.05) is 26.0 Å². The largest absolute Gasteiger partial charge is 0.0683 e. The second-order valence-electron chi connectivity index (χ2n) is 6.47. The van der Waals surface area contributed by atoms with E-state index < -0.39 is 0 Å². The lowest BCUT2D eigenvalue weighted by Gasteiger charge is -2.01. The molecule has 0 aliphatic rings. The van der Waals surface area contributed by atoms with Gasteiger partial charge in [0.1, 0.15) is 0 Å². The van der Waals surface area contributed by atoms with Gasteiger partial charge in [-0.25, -0.2) is 0 Å². The van der Waals surface area contributed by atoms with Crippen LogP contribution < -0.4 is 0 Å². The number of hydrogen-bond donors (Lipinski definition) is 0. The minimum atomic E-state index is 1.28. The standard InChI is InChI=1S/2C13H12.C2H6/c1-11-6-5-9-13(10-11)12-7-3-2-4-8-12;1-11-7-9-13(10-8-11)12-5-3-2-4-6-12;1-2/h2*2-10H,1H3;1-2H3. The Morgan fingerprint density at radius 1 is 0.357 bits per heavy atom. The lowest BCUT2D eigenvalue weighted by Crippen LogP contribution is -1.77. The molecule has 0 spiro atoms. The minimum absolute atomic E-state index is 1.28. The van der Waals surface area contributed by atoms with Crippen molar-refractivity contribution in [3.63, 3.8) is 0 Å². The lowest BCUT2D eigenvalue weighted by molar-refractivity contribution is 1.47. The molecule has 4 rings (SSSR count). The van der Waals surface area contributed by atoms with Crippen LogP contribution in [0.15, 0.2) is 109 Å². The highest BCUT2D eigenvalue weighted by Gasteiger charge is 1.95. The maximum absolute atomic E-state index is 2.20. The third-order valence-electron chi connectivity index (χ3n) is 4.28. The third-order valence-corrected chi connectivity index (χ3v) is 4.28. The van der Waals surface area contributed by atoms with Gasteiger partial charge >= 0.3 is 0 Å². The molecule has 0 aliphatic heterocycles. The Kier molecular flexibility index (Phi) is 8.75. The van der Waals surface area contributed by atoms with Crippen molar-refractivity contribution in [3.8, 4) is 22.3 Å². The molecular weight excluding hydrogens is 336 g/mol. The molecule has 0 saturated heterocycles. The third kappa shape index (κ3) is 6.55. The maximum atomic E-state index is 2.20. The number of rotatable bonds is 2. The van der Waals surface area contributed by atoms with Gasteiger partial charge < -0.3 is 0 Å². The summed E-state index contributed by atoms with van der Waals surface area (Å²) in [5.74, 6) is 0. The Labute approximate surface area is 170 Å². The summed E-state index contributed by atoms with van der Waals surface area (Å²) >= 11 is 0. The van der Waals surface area contributed by atoms with E-state index in [9.17, 15) is 0 Å². The first-order valence-corrected chi connectivity index (χ1v) is 9.96. The van der Waals surface area contributed by atoms with Crippen LogP contribution in [-0.4, -0.2) is 0 Å². The van der Waals surface area contributed by atoms with Crippen LogP contribution in [0, 0.1) is 13.8 Å². The zero-order valence-corrected chi connectivity index (χ0v) is 17.4. The highest BCUT2D eigenvalue weighted by atomic mass is 14.0. The Balaban J connectivity index is 0.000000184. The monoisotopic (exact) mass is 366 g/mol. The Morgan fingerprint density at radius 3 is 1.29 bits per heavy atom. The molecule has 0 heteroatoms. The second-order valence-corrected chi connectivity index (χ2v) is 6.47. The highest BCUT2D eigenvalue weighted by molar-refractivity contribution is 5.64. The second kappa shape index (κ2) is 11.6. The molecule has 0 atom stereocenters. The average molecular weight is 367 g/mol. The predicted molar refractivity (Wildman–Crippen MR) is 125 cm³/mol. The average Bonchev–Trinajstić information content (AvgIpc) is 2.77. The molecule has 0 unspecified atom stereocenters. The van der Waals surface area contributed by atoms with Gasteiger partial charge in [-0.1, -0.05) is 134 Å². The van der Waals surface area contributed by atoms with E-state index in [4.69, 9.17) is 0 Å². The smallest absolute Gasteiger partial charge is 0.0181 e. The van der Waals surface area contributed by atoms with Crippen LogP contribution >= 0.6 is 0 Å². The van der Waals surface area contributed by atoms with Crippen LogP contribution in [0.5, 0.6) is 0 Å². The Bertz CT molecular complexity index is 920. The van der Waals surface area contributed by atoms with E-state index in [1.165, 1.54) is 33.4 Å². The van der Waals surface area contributed by atoms with Crippen LogP contribution in [0.25, 0.3) is 22.3 Å². The zero-order valence-electron chi connectivity index (χ0n) is 17.4. The maximum Gasteiger partial charge on any atom is -0.0181 e. The van der Waals surface area contributed by atoms with Gasteiger partial charge in [-0.3, -0.25) is 0 Å². The summed E-state index contributed by atoms with van der Waals surface area (Å²) in [6.07, 6.45) is 0. The van der Waals surface area contributed by atoms with Crippen molar-refractivity contribution in [2.75, 3.05) is 0 Å². The molecule has 0 aromatic heterocycles. The molecule has 4 aromatic carbocycles. The van der Waals surface area contributed by atoms with Crippen molar-refractivity contribution in [3.05, 3.63) is 120 Å². The van der Waals surface area contributed by atoms with Gasteiger partial charge in [0.05, 0.1) is 0 Å². The van der Waals surface area contributed by atoms with Crippen molar-refractivity contribution in [2.24, 2.45) is 0 Å².